The molecule has 0 fully saturated rings. The minimum absolute atomic E-state index is 0.123. The second-order valence-corrected chi connectivity index (χ2v) is 7.70. The van der Waals surface area contributed by atoms with Crippen LogP contribution in [-0.4, -0.2) is 21.4 Å². The Morgan fingerprint density at radius 3 is 2.39 bits per heavy atom. The fourth-order valence-electron chi connectivity index (χ4n) is 2.91. The second kappa shape index (κ2) is 6.78. The van der Waals surface area contributed by atoms with Crippen LogP contribution in [0.5, 0.6) is 5.75 Å². The van der Waals surface area contributed by atoms with E-state index in [1.54, 1.807) is 26.0 Å². The molecule has 0 aliphatic rings. The number of pyridine rings is 1. The Kier molecular flexibility index (Phi) is 5.37. The average molecular weight is 358 g/mol. The zero-order valence-electron chi connectivity index (χ0n) is 13.4. The molecule has 126 valence electrons. The highest BCUT2D eigenvalue weighted by Crippen LogP contribution is 2.62. The average Bonchev–Trinajstić information content (AvgIpc) is 2.48. The molecule has 0 radical (unpaired) electrons. The zero-order chi connectivity index (χ0) is 17.3. The molecule has 0 saturated heterocycles. The highest BCUT2D eigenvalue weighted by atomic mass is 35.5. The van der Waals surface area contributed by atoms with E-state index in [0.717, 1.165) is 5.39 Å². The molecule has 0 saturated carbocycles. The van der Waals surface area contributed by atoms with Gasteiger partial charge >= 0.3 is 7.60 Å². The van der Waals surface area contributed by atoms with E-state index in [0.29, 0.717) is 23.4 Å². The number of hydrogen-bond donors (Lipinski definition) is 2. The maximum Gasteiger partial charge on any atom is 0.336 e. The van der Waals surface area contributed by atoms with Crippen LogP contribution in [0.4, 0.5) is 0 Å². The van der Waals surface area contributed by atoms with E-state index in [4.69, 9.17) is 16.3 Å². The van der Waals surface area contributed by atoms with Crippen molar-refractivity contribution in [2.24, 2.45) is 0 Å². The lowest BCUT2D eigenvalue weighted by Crippen LogP contribution is -2.25. The van der Waals surface area contributed by atoms with Gasteiger partial charge in [-0.2, -0.15) is 0 Å². The van der Waals surface area contributed by atoms with E-state index in [9.17, 15) is 14.4 Å². The van der Waals surface area contributed by atoms with E-state index in [1.807, 2.05) is 19.1 Å². The van der Waals surface area contributed by atoms with E-state index in [-0.39, 0.29) is 18.0 Å². The minimum Gasteiger partial charge on any atom is -0.494 e. The summed E-state index contributed by atoms with van der Waals surface area (Å²) in [5, 5.41) is -0.421. The van der Waals surface area contributed by atoms with E-state index < -0.39 is 12.8 Å². The first-order valence-corrected chi connectivity index (χ1v) is 9.57. The summed E-state index contributed by atoms with van der Waals surface area (Å²) in [6, 6.07) is 7.13. The number of fused-ring (bicyclic) bond motifs is 1. The predicted molar refractivity (Wildman–Crippen MR) is 92.2 cm³/mol. The van der Waals surface area contributed by atoms with Crippen LogP contribution in [0.1, 0.15) is 39.2 Å². The lowest BCUT2D eigenvalue weighted by atomic mass is 9.93. The predicted octanol–water partition coefficient (Wildman–Crippen LogP) is 4.48. The smallest absolute Gasteiger partial charge is 0.336 e. The number of aromatic nitrogens is 1. The largest absolute Gasteiger partial charge is 0.494 e. The normalized spacial score (nSPS) is 12.6. The summed E-state index contributed by atoms with van der Waals surface area (Å²) in [6.07, 6.45) is 0.551. The summed E-state index contributed by atoms with van der Waals surface area (Å²) in [4.78, 5) is 24.1. The summed E-state index contributed by atoms with van der Waals surface area (Å²) in [5.74, 6) is 0.684. The van der Waals surface area contributed by atoms with Crippen molar-refractivity contribution in [2.45, 2.75) is 38.8 Å². The van der Waals surface area contributed by atoms with Crippen LogP contribution in [0.25, 0.3) is 10.9 Å². The molecule has 0 aliphatic heterocycles. The van der Waals surface area contributed by atoms with Crippen LogP contribution >= 0.6 is 19.2 Å². The standard InChI is InChI=1S/C16H21ClNO4P/c1-4-16(5-2,23(19,20)21)13-9-11-7-8-12(22-6-3)10-14(11)18-15(13)17/h7-10H,4-6H2,1-3H3,(H2,19,20,21). The highest BCUT2D eigenvalue weighted by molar-refractivity contribution is 7.53. The zero-order valence-corrected chi connectivity index (χ0v) is 15.1. The molecule has 1 aromatic heterocycles. The molecule has 2 aromatic rings. The Morgan fingerprint density at radius 2 is 1.87 bits per heavy atom. The first-order chi connectivity index (χ1) is 10.8. The monoisotopic (exact) mass is 357 g/mol. The molecule has 0 atom stereocenters. The fourth-order valence-corrected chi connectivity index (χ4v) is 4.61. The third-order valence-electron chi connectivity index (χ3n) is 4.28. The fraction of sp³-hybridized carbons (Fsp3) is 0.438. The lowest BCUT2D eigenvalue weighted by molar-refractivity contribution is 0.315. The van der Waals surface area contributed by atoms with Gasteiger partial charge in [0, 0.05) is 17.0 Å². The third-order valence-corrected chi connectivity index (χ3v) is 6.56. The molecule has 0 bridgehead atoms. The number of hydrogen-bond acceptors (Lipinski definition) is 3. The van der Waals surface area contributed by atoms with Crippen molar-refractivity contribution >= 4 is 30.1 Å². The molecule has 0 aliphatic carbocycles. The Bertz CT molecular complexity index is 755. The molecule has 2 rings (SSSR count). The van der Waals surface area contributed by atoms with Crippen molar-refractivity contribution in [3.8, 4) is 5.75 Å². The highest BCUT2D eigenvalue weighted by Gasteiger charge is 2.47. The molecule has 7 heteroatoms. The maximum absolute atomic E-state index is 12.1. The molecule has 1 aromatic carbocycles. The van der Waals surface area contributed by atoms with Gasteiger partial charge in [-0.3, -0.25) is 4.57 Å². The Hall–Kier alpha value is -1.13. The van der Waals surface area contributed by atoms with Gasteiger partial charge < -0.3 is 14.5 Å². The summed E-state index contributed by atoms with van der Waals surface area (Å²) in [7, 11) is -4.40. The third kappa shape index (κ3) is 3.24. The quantitative estimate of drug-likeness (QED) is 0.588. The van der Waals surface area contributed by atoms with Gasteiger partial charge in [-0.15, -0.1) is 0 Å². The van der Waals surface area contributed by atoms with Gasteiger partial charge in [-0.1, -0.05) is 25.4 Å². The van der Waals surface area contributed by atoms with Crippen LogP contribution in [-0.2, 0) is 9.72 Å². The van der Waals surface area contributed by atoms with Crippen LogP contribution < -0.4 is 4.74 Å². The van der Waals surface area contributed by atoms with Gasteiger partial charge in [0.1, 0.15) is 10.9 Å². The van der Waals surface area contributed by atoms with Gasteiger partial charge in [-0.25, -0.2) is 4.98 Å². The molecule has 5 nitrogen and oxygen atoms in total. The molecular formula is C16H21ClNO4P. The summed E-state index contributed by atoms with van der Waals surface area (Å²) >= 11 is 6.29. The van der Waals surface area contributed by atoms with Crippen molar-refractivity contribution < 1.29 is 19.1 Å². The number of rotatable bonds is 6. The number of ether oxygens (including phenoxy) is 1. The van der Waals surface area contributed by atoms with Crippen molar-refractivity contribution in [3.63, 3.8) is 0 Å². The first-order valence-electron chi connectivity index (χ1n) is 7.58. The van der Waals surface area contributed by atoms with Gasteiger partial charge in [0.2, 0.25) is 0 Å². The minimum atomic E-state index is -4.40. The topological polar surface area (TPSA) is 79.7 Å². The van der Waals surface area contributed by atoms with Crippen molar-refractivity contribution in [3.05, 3.63) is 35.0 Å². The molecule has 0 unspecified atom stereocenters. The number of benzene rings is 1. The molecule has 0 spiro atoms. The Balaban J connectivity index is 2.68. The Morgan fingerprint density at radius 1 is 1.22 bits per heavy atom. The van der Waals surface area contributed by atoms with E-state index in [1.165, 1.54) is 0 Å². The van der Waals surface area contributed by atoms with Gasteiger partial charge in [0.25, 0.3) is 0 Å². The van der Waals surface area contributed by atoms with Gasteiger partial charge in [0.15, 0.2) is 0 Å². The summed E-state index contributed by atoms with van der Waals surface area (Å²) in [5.41, 5.74) is 1.03. The van der Waals surface area contributed by atoms with Crippen molar-refractivity contribution in [2.75, 3.05) is 6.61 Å². The van der Waals surface area contributed by atoms with Crippen molar-refractivity contribution in [1.29, 1.82) is 0 Å². The van der Waals surface area contributed by atoms with Gasteiger partial charge in [-0.05, 0) is 38.0 Å². The van der Waals surface area contributed by atoms with E-state index >= 15 is 0 Å². The molecular weight excluding hydrogens is 337 g/mol. The maximum atomic E-state index is 12.1. The first kappa shape index (κ1) is 18.2. The molecule has 1 heterocycles. The Labute approximate surface area is 140 Å². The summed E-state index contributed by atoms with van der Waals surface area (Å²) in [6.45, 7) is 5.94. The lowest BCUT2D eigenvalue weighted by Gasteiger charge is -2.33. The number of halogens is 1. The van der Waals surface area contributed by atoms with Crippen LogP contribution in [0.2, 0.25) is 5.15 Å². The van der Waals surface area contributed by atoms with Crippen LogP contribution in [0, 0.1) is 0 Å². The molecule has 2 N–H and O–H groups in total. The molecule has 0 amide bonds. The van der Waals surface area contributed by atoms with Gasteiger partial charge in [0.05, 0.1) is 17.3 Å². The SMILES string of the molecule is CCOc1ccc2cc(C(CC)(CC)P(=O)(O)O)c(Cl)nc2c1. The van der Waals surface area contributed by atoms with E-state index in [2.05, 4.69) is 4.98 Å². The van der Waals surface area contributed by atoms with Crippen LogP contribution in [0.3, 0.4) is 0 Å². The van der Waals surface area contributed by atoms with Crippen LogP contribution in [0.15, 0.2) is 24.3 Å². The molecule has 23 heavy (non-hydrogen) atoms. The van der Waals surface area contributed by atoms with Crippen molar-refractivity contribution in [1.82, 2.24) is 4.98 Å². The summed E-state index contributed by atoms with van der Waals surface area (Å²) < 4.78 is 17.6. The number of nitrogens with zero attached hydrogens (tertiary/aromatic N) is 1. The second-order valence-electron chi connectivity index (χ2n) is 5.40.